The van der Waals surface area contributed by atoms with E-state index in [9.17, 15) is 0 Å². The molecule has 0 spiro atoms. The Morgan fingerprint density at radius 2 is 2.06 bits per heavy atom. The maximum Gasteiger partial charge on any atom is 0.161 e. The molecule has 0 aliphatic heterocycles. The van der Waals surface area contributed by atoms with Crippen LogP contribution < -0.4 is 9.47 Å². The minimum absolute atomic E-state index is 0.733. The molecule has 0 saturated heterocycles. The third kappa shape index (κ3) is 4.05. The zero-order valence-electron chi connectivity index (χ0n) is 9.96. The molecule has 1 aromatic carbocycles. The number of rotatable bonds is 7. The van der Waals surface area contributed by atoms with Crippen LogP contribution in [0.5, 0.6) is 11.5 Å². The topological polar surface area (TPSA) is 18.5 Å². The van der Waals surface area contributed by atoms with Gasteiger partial charge in [-0.1, -0.05) is 28.9 Å². The van der Waals surface area contributed by atoms with E-state index in [1.54, 1.807) is 7.11 Å². The summed E-state index contributed by atoms with van der Waals surface area (Å²) < 4.78 is 10.9. The number of halogens is 1. The molecule has 16 heavy (non-hydrogen) atoms. The Labute approximate surface area is 106 Å². The van der Waals surface area contributed by atoms with Crippen LogP contribution >= 0.6 is 15.9 Å². The lowest BCUT2D eigenvalue weighted by atomic mass is 10.1. The summed E-state index contributed by atoms with van der Waals surface area (Å²) in [6, 6.07) is 6.17. The Hall–Kier alpha value is -0.700. The fourth-order valence-electron chi connectivity index (χ4n) is 1.47. The van der Waals surface area contributed by atoms with E-state index in [4.69, 9.17) is 9.47 Å². The smallest absolute Gasteiger partial charge is 0.161 e. The van der Waals surface area contributed by atoms with Crippen LogP contribution in [0.2, 0.25) is 0 Å². The molecule has 0 bridgehead atoms. The second-order valence-electron chi connectivity index (χ2n) is 3.63. The van der Waals surface area contributed by atoms with Gasteiger partial charge in [-0.3, -0.25) is 0 Å². The summed E-state index contributed by atoms with van der Waals surface area (Å²) in [6.45, 7) is 2.83. The molecular weight excluding hydrogens is 268 g/mol. The normalized spacial score (nSPS) is 10.2. The predicted molar refractivity (Wildman–Crippen MR) is 70.9 cm³/mol. The summed E-state index contributed by atoms with van der Waals surface area (Å²) in [4.78, 5) is 0. The highest BCUT2D eigenvalue weighted by molar-refractivity contribution is 9.09. The highest BCUT2D eigenvalue weighted by Crippen LogP contribution is 2.28. The average molecular weight is 287 g/mol. The minimum atomic E-state index is 0.733. The summed E-state index contributed by atoms with van der Waals surface area (Å²) >= 11 is 3.44. The first-order chi connectivity index (χ1) is 7.81. The molecular formula is C13H19BrO2. The maximum atomic E-state index is 5.60. The van der Waals surface area contributed by atoms with Gasteiger partial charge in [-0.05, 0) is 37.0 Å². The number of hydrogen-bond donors (Lipinski definition) is 0. The molecule has 1 aromatic rings. The Bertz CT molecular complexity index is 313. The van der Waals surface area contributed by atoms with Crippen LogP contribution in [0.4, 0.5) is 0 Å². The van der Waals surface area contributed by atoms with Crippen molar-refractivity contribution in [2.45, 2.75) is 26.2 Å². The maximum absolute atomic E-state index is 5.60. The molecule has 2 nitrogen and oxygen atoms in total. The van der Waals surface area contributed by atoms with Gasteiger partial charge in [0, 0.05) is 5.33 Å². The molecule has 0 heterocycles. The van der Waals surface area contributed by atoms with Gasteiger partial charge in [-0.25, -0.2) is 0 Å². The third-order valence-electron chi connectivity index (χ3n) is 2.29. The highest BCUT2D eigenvalue weighted by Gasteiger charge is 2.05. The van der Waals surface area contributed by atoms with Gasteiger partial charge in [0.2, 0.25) is 0 Å². The van der Waals surface area contributed by atoms with Crippen molar-refractivity contribution in [1.82, 2.24) is 0 Å². The summed E-state index contributed by atoms with van der Waals surface area (Å²) in [5.41, 5.74) is 1.29. The van der Waals surface area contributed by atoms with E-state index in [-0.39, 0.29) is 0 Å². The van der Waals surface area contributed by atoms with Crippen molar-refractivity contribution in [1.29, 1.82) is 0 Å². The van der Waals surface area contributed by atoms with Crippen molar-refractivity contribution in [2.75, 3.05) is 19.0 Å². The van der Waals surface area contributed by atoms with E-state index in [1.165, 1.54) is 5.56 Å². The number of hydrogen-bond acceptors (Lipinski definition) is 2. The molecule has 0 aliphatic carbocycles. The van der Waals surface area contributed by atoms with Gasteiger partial charge >= 0.3 is 0 Å². The molecule has 0 atom stereocenters. The van der Waals surface area contributed by atoms with Crippen LogP contribution in [0.15, 0.2) is 18.2 Å². The first-order valence-electron chi connectivity index (χ1n) is 5.67. The first kappa shape index (κ1) is 13.4. The van der Waals surface area contributed by atoms with Crippen molar-refractivity contribution >= 4 is 15.9 Å². The minimum Gasteiger partial charge on any atom is -0.493 e. The molecule has 0 aliphatic rings. The first-order valence-corrected chi connectivity index (χ1v) is 6.79. The number of aryl methyl sites for hydroxylation is 1. The Morgan fingerprint density at radius 3 is 2.69 bits per heavy atom. The number of ether oxygens (including phenoxy) is 2. The van der Waals surface area contributed by atoms with Gasteiger partial charge in [-0.15, -0.1) is 0 Å². The number of methoxy groups -OCH3 is 1. The standard InChI is InChI=1S/C13H19BrO2/c1-3-9-16-12-7-6-11(5-4-8-14)10-13(12)15-2/h6-7,10H,3-5,8-9H2,1-2H3. The second-order valence-corrected chi connectivity index (χ2v) is 4.42. The van der Waals surface area contributed by atoms with Crippen molar-refractivity contribution in [3.8, 4) is 11.5 Å². The zero-order chi connectivity index (χ0) is 11.8. The van der Waals surface area contributed by atoms with Gasteiger partial charge in [0.15, 0.2) is 11.5 Å². The van der Waals surface area contributed by atoms with Crippen molar-refractivity contribution < 1.29 is 9.47 Å². The predicted octanol–water partition coefficient (Wildman–Crippen LogP) is 3.81. The lowest BCUT2D eigenvalue weighted by Crippen LogP contribution is -1.98. The third-order valence-corrected chi connectivity index (χ3v) is 2.85. The van der Waals surface area contributed by atoms with E-state index in [0.717, 1.165) is 42.7 Å². The fraction of sp³-hybridized carbons (Fsp3) is 0.538. The van der Waals surface area contributed by atoms with E-state index >= 15 is 0 Å². The molecule has 0 amide bonds. The molecule has 0 radical (unpaired) electrons. The lowest BCUT2D eigenvalue weighted by Gasteiger charge is -2.11. The van der Waals surface area contributed by atoms with Crippen molar-refractivity contribution in [3.63, 3.8) is 0 Å². The van der Waals surface area contributed by atoms with Crippen LogP contribution in [-0.2, 0) is 6.42 Å². The Balaban J connectivity index is 2.71. The van der Waals surface area contributed by atoms with Crippen LogP contribution in [-0.4, -0.2) is 19.0 Å². The Morgan fingerprint density at radius 1 is 1.25 bits per heavy atom. The van der Waals surface area contributed by atoms with E-state index in [1.807, 2.05) is 6.07 Å². The monoisotopic (exact) mass is 286 g/mol. The van der Waals surface area contributed by atoms with E-state index < -0.39 is 0 Å². The summed E-state index contributed by atoms with van der Waals surface area (Å²) in [7, 11) is 1.68. The Kier molecular flexibility index (Phi) is 6.31. The number of alkyl halides is 1. The quantitative estimate of drug-likeness (QED) is 0.710. The molecule has 0 fully saturated rings. The van der Waals surface area contributed by atoms with Gasteiger partial charge in [-0.2, -0.15) is 0 Å². The van der Waals surface area contributed by atoms with E-state index in [0.29, 0.717) is 0 Å². The fourth-order valence-corrected chi connectivity index (χ4v) is 1.75. The van der Waals surface area contributed by atoms with Crippen LogP contribution in [0.25, 0.3) is 0 Å². The molecule has 0 aromatic heterocycles. The van der Waals surface area contributed by atoms with Gasteiger partial charge in [0.1, 0.15) is 0 Å². The van der Waals surface area contributed by atoms with Gasteiger partial charge in [0.05, 0.1) is 13.7 Å². The second kappa shape index (κ2) is 7.55. The molecule has 90 valence electrons. The molecule has 0 N–H and O–H groups in total. The van der Waals surface area contributed by atoms with Crippen molar-refractivity contribution in [2.24, 2.45) is 0 Å². The lowest BCUT2D eigenvalue weighted by molar-refractivity contribution is 0.294. The van der Waals surface area contributed by atoms with Crippen molar-refractivity contribution in [3.05, 3.63) is 23.8 Å². The highest BCUT2D eigenvalue weighted by atomic mass is 79.9. The molecule has 3 heteroatoms. The van der Waals surface area contributed by atoms with E-state index in [2.05, 4.69) is 35.0 Å². The largest absolute Gasteiger partial charge is 0.493 e. The van der Waals surface area contributed by atoms with Crippen LogP contribution in [0.1, 0.15) is 25.3 Å². The summed E-state index contributed by atoms with van der Waals surface area (Å²) in [6.07, 6.45) is 3.21. The molecule has 1 rings (SSSR count). The average Bonchev–Trinajstić information content (AvgIpc) is 2.34. The molecule has 0 unspecified atom stereocenters. The zero-order valence-corrected chi connectivity index (χ0v) is 11.5. The van der Waals surface area contributed by atoms with Gasteiger partial charge < -0.3 is 9.47 Å². The summed E-state index contributed by atoms with van der Waals surface area (Å²) in [5.74, 6) is 1.67. The summed E-state index contributed by atoms with van der Waals surface area (Å²) in [5, 5.41) is 1.03. The van der Waals surface area contributed by atoms with Gasteiger partial charge in [0.25, 0.3) is 0 Å². The molecule has 0 saturated carbocycles. The number of benzene rings is 1. The SMILES string of the molecule is CCCOc1ccc(CCCBr)cc1OC. The van der Waals surface area contributed by atoms with Crippen LogP contribution in [0.3, 0.4) is 0 Å². The van der Waals surface area contributed by atoms with Crippen LogP contribution in [0, 0.1) is 0 Å².